The van der Waals surface area contributed by atoms with Gasteiger partial charge in [0.2, 0.25) is 0 Å². The summed E-state index contributed by atoms with van der Waals surface area (Å²) in [6, 6.07) is 56.1. The quantitative estimate of drug-likeness (QED) is 0.212. The predicted octanol–water partition coefficient (Wildman–Crippen LogP) is 10.6. The highest BCUT2D eigenvalue weighted by Crippen LogP contribution is 2.38. The summed E-state index contributed by atoms with van der Waals surface area (Å²) in [5.41, 5.74) is 9.86. The van der Waals surface area contributed by atoms with E-state index >= 15 is 0 Å². The molecule has 2 aromatic heterocycles. The lowest BCUT2D eigenvalue weighted by molar-refractivity contribution is 1.18. The lowest BCUT2D eigenvalue weighted by atomic mass is 10.0. The minimum Gasteiger partial charge on any atom is -0.309 e. The summed E-state index contributed by atoms with van der Waals surface area (Å²) in [5.74, 6) is 0. The first-order valence-electron chi connectivity index (χ1n) is 14.8. The van der Waals surface area contributed by atoms with E-state index in [0.29, 0.717) is 5.56 Å². The summed E-state index contributed by atoms with van der Waals surface area (Å²) in [5, 5.41) is 16.9. The van der Waals surface area contributed by atoms with Crippen molar-refractivity contribution in [1.29, 1.82) is 5.26 Å². The summed E-state index contributed by atoms with van der Waals surface area (Å²) < 4.78 is 4.68. The molecule has 0 N–H and O–H groups in total. The number of para-hydroxylation sites is 2. The van der Waals surface area contributed by atoms with Crippen molar-refractivity contribution in [2.45, 2.75) is 0 Å². The van der Waals surface area contributed by atoms with Crippen LogP contribution in [0.4, 0.5) is 0 Å². The van der Waals surface area contributed by atoms with Crippen LogP contribution in [-0.4, -0.2) is 9.13 Å². The highest BCUT2D eigenvalue weighted by molar-refractivity contribution is 6.12. The first kappa shape index (κ1) is 24.5. The normalized spacial score (nSPS) is 11.6. The molecule has 0 atom stereocenters. The van der Waals surface area contributed by atoms with E-state index in [1.807, 2.05) is 12.1 Å². The van der Waals surface area contributed by atoms with Crippen molar-refractivity contribution >= 4 is 54.4 Å². The molecule has 0 fully saturated rings. The molecule has 44 heavy (non-hydrogen) atoms. The monoisotopic (exact) mass is 559 g/mol. The second kappa shape index (κ2) is 9.46. The Morgan fingerprint density at radius 2 is 0.977 bits per heavy atom. The average Bonchev–Trinajstić information content (AvgIpc) is 3.60. The lowest BCUT2D eigenvalue weighted by Gasteiger charge is -2.12. The number of nitriles is 1. The Balaban J connectivity index is 1.22. The van der Waals surface area contributed by atoms with Gasteiger partial charge in [0.05, 0.1) is 39.4 Å². The van der Waals surface area contributed by atoms with Crippen LogP contribution in [0.25, 0.3) is 76.9 Å². The molecule has 0 spiro atoms. The Kier molecular flexibility index (Phi) is 5.26. The summed E-state index contributed by atoms with van der Waals surface area (Å²) in [4.78, 5) is 0. The molecule has 0 saturated carbocycles. The smallest absolute Gasteiger partial charge is 0.0991 e. The van der Waals surface area contributed by atoms with Gasteiger partial charge in [0.1, 0.15) is 0 Å². The van der Waals surface area contributed by atoms with E-state index in [-0.39, 0.29) is 0 Å². The SMILES string of the molecule is N#Cc1ccc2c(c1)c1cc(-c3ccc(-n4c5ccccc5c5ccccc54)cc3)ccc1n2-c1cccc2ccccc12. The van der Waals surface area contributed by atoms with Crippen LogP contribution in [0.1, 0.15) is 5.56 Å². The third-order valence-electron chi connectivity index (χ3n) is 8.94. The molecular formula is C41H25N3. The fourth-order valence-electron chi connectivity index (χ4n) is 6.94. The van der Waals surface area contributed by atoms with E-state index in [4.69, 9.17) is 0 Å². The summed E-state index contributed by atoms with van der Waals surface area (Å²) in [7, 11) is 0. The summed E-state index contributed by atoms with van der Waals surface area (Å²) in [6.07, 6.45) is 0. The number of hydrogen-bond donors (Lipinski definition) is 0. The van der Waals surface area contributed by atoms with Crippen molar-refractivity contribution in [2.24, 2.45) is 0 Å². The van der Waals surface area contributed by atoms with Gasteiger partial charge in [-0.05, 0) is 77.2 Å². The van der Waals surface area contributed by atoms with E-state index in [9.17, 15) is 5.26 Å². The molecule has 0 bridgehead atoms. The van der Waals surface area contributed by atoms with E-state index in [1.165, 1.54) is 32.6 Å². The maximum Gasteiger partial charge on any atom is 0.0991 e. The van der Waals surface area contributed by atoms with Gasteiger partial charge in [-0.15, -0.1) is 0 Å². The maximum atomic E-state index is 9.74. The van der Waals surface area contributed by atoms with Crippen LogP contribution in [-0.2, 0) is 0 Å². The number of benzene rings is 7. The van der Waals surface area contributed by atoms with Crippen LogP contribution in [0.5, 0.6) is 0 Å². The molecule has 2 heterocycles. The molecular weight excluding hydrogens is 534 g/mol. The minimum atomic E-state index is 0.662. The molecule has 0 aliphatic rings. The fraction of sp³-hybridized carbons (Fsp3) is 0. The van der Waals surface area contributed by atoms with Crippen LogP contribution in [0, 0.1) is 11.3 Å². The molecule has 0 amide bonds. The van der Waals surface area contributed by atoms with Crippen molar-refractivity contribution in [1.82, 2.24) is 9.13 Å². The van der Waals surface area contributed by atoms with E-state index in [1.54, 1.807) is 0 Å². The number of aromatic nitrogens is 2. The first-order chi connectivity index (χ1) is 21.8. The van der Waals surface area contributed by atoms with Crippen LogP contribution in [0.3, 0.4) is 0 Å². The number of rotatable bonds is 3. The topological polar surface area (TPSA) is 33.6 Å². The van der Waals surface area contributed by atoms with Crippen LogP contribution < -0.4 is 0 Å². The number of hydrogen-bond acceptors (Lipinski definition) is 1. The van der Waals surface area contributed by atoms with Gasteiger partial charge in [-0.3, -0.25) is 0 Å². The number of nitrogens with zero attached hydrogens (tertiary/aromatic N) is 3. The van der Waals surface area contributed by atoms with Gasteiger partial charge >= 0.3 is 0 Å². The predicted molar refractivity (Wildman–Crippen MR) is 183 cm³/mol. The zero-order chi connectivity index (χ0) is 29.2. The van der Waals surface area contributed by atoms with Gasteiger partial charge in [-0.1, -0.05) is 91.0 Å². The molecule has 0 saturated heterocycles. The van der Waals surface area contributed by atoms with Crippen molar-refractivity contribution in [3.05, 3.63) is 157 Å². The Bertz CT molecular complexity index is 2550. The Morgan fingerprint density at radius 1 is 0.409 bits per heavy atom. The minimum absolute atomic E-state index is 0.662. The third-order valence-corrected chi connectivity index (χ3v) is 8.94. The van der Waals surface area contributed by atoms with Crippen LogP contribution in [0.15, 0.2) is 152 Å². The molecule has 0 radical (unpaired) electrons. The number of fused-ring (bicyclic) bond motifs is 7. The van der Waals surface area contributed by atoms with Gasteiger partial charge < -0.3 is 9.13 Å². The molecule has 204 valence electrons. The van der Waals surface area contributed by atoms with Crippen molar-refractivity contribution in [2.75, 3.05) is 0 Å². The molecule has 0 aliphatic heterocycles. The fourth-order valence-corrected chi connectivity index (χ4v) is 6.94. The molecule has 7 aromatic carbocycles. The molecule has 9 rings (SSSR count). The Labute approximate surface area is 254 Å². The van der Waals surface area contributed by atoms with Crippen LogP contribution in [0.2, 0.25) is 0 Å². The van der Waals surface area contributed by atoms with Gasteiger partial charge in [-0.2, -0.15) is 5.26 Å². The highest BCUT2D eigenvalue weighted by Gasteiger charge is 2.16. The lowest BCUT2D eigenvalue weighted by Crippen LogP contribution is -1.95. The standard InChI is InChI=1S/C41H25N3/c42-26-27-16-22-40-35(24-27)36-25-30(19-23-41(36)44(40)37-15-7-9-29-8-1-2-10-32(29)37)28-17-20-31(21-18-28)43-38-13-5-3-11-33(38)34-12-4-6-14-39(34)43/h1-25H. The van der Waals surface area contributed by atoms with Gasteiger partial charge in [0, 0.05) is 32.6 Å². The van der Waals surface area contributed by atoms with Crippen molar-refractivity contribution in [3.8, 4) is 28.6 Å². The Morgan fingerprint density at radius 3 is 1.70 bits per heavy atom. The molecule has 3 heteroatoms. The zero-order valence-corrected chi connectivity index (χ0v) is 23.8. The van der Waals surface area contributed by atoms with E-state index in [2.05, 4.69) is 155 Å². The first-order valence-corrected chi connectivity index (χ1v) is 14.8. The third kappa shape index (κ3) is 3.55. The second-order valence-electron chi connectivity index (χ2n) is 11.3. The molecule has 9 aromatic rings. The van der Waals surface area contributed by atoms with E-state index in [0.717, 1.165) is 44.3 Å². The van der Waals surface area contributed by atoms with Crippen LogP contribution >= 0.6 is 0 Å². The summed E-state index contributed by atoms with van der Waals surface area (Å²) in [6.45, 7) is 0. The average molecular weight is 560 g/mol. The van der Waals surface area contributed by atoms with Gasteiger partial charge in [-0.25, -0.2) is 0 Å². The largest absolute Gasteiger partial charge is 0.309 e. The van der Waals surface area contributed by atoms with Crippen molar-refractivity contribution < 1.29 is 0 Å². The Hall–Kier alpha value is -6.11. The van der Waals surface area contributed by atoms with Gasteiger partial charge in [0.25, 0.3) is 0 Å². The molecule has 0 aliphatic carbocycles. The van der Waals surface area contributed by atoms with Crippen molar-refractivity contribution in [3.63, 3.8) is 0 Å². The highest BCUT2D eigenvalue weighted by atomic mass is 15.0. The molecule has 0 unspecified atom stereocenters. The zero-order valence-electron chi connectivity index (χ0n) is 23.8. The maximum absolute atomic E-state index is 9.74. The second-order valence-corrected chi connectivity index (χ2v) is 11.3. The molecule has 3 nitrogen and oxygen atoms in total. The van der Waals surface area contributed by atoms with Gasteiger partial charge in [0.15, 0.2) is 0 Å². The summed E-state index contributed by atoms with van der Waals surface area (Å²) >= 11 is 0. The van der Waals surface area contributed by atoms with E-state index < -0.39 is 0 Å².